The monoisotopic (exact) mass is 270 g/mol. The Morgan fingerprint density at radius 2 is 2.06 bits per heavy atom. The van der Waals surface area contributed by atoms with Crippen molar-refractivity contribution in [1.29, 1.82) is 0 Å². The lowest BCUT2D eigenvalue weighted by molar-refractivity contribution is 0.307. The van der Waals surface area contributed by atoms with Gasteiger partial charge < -0.3 is 10.2 Å². The molecular formula is C15H30N2S. The summed E-state index contributed by atoms with van der Waals surface area (Å²) in [5.41, 5.74) is 0.270. The average molecular weight is 270 g/mol. The van der Waals surface area contributed by atoms with Crippen molar-refractivity contribution in [2.75, 3.05) is 31.9 Å². The fourth-order valence-corrected chi connectivity index (χ4v) is 4.29. The van der Waals surface area contributed by atoms with Gasteiger partial charge in [0.05, 0.1) is 0 Å². The van der Waals surface area contributed by atoms with Crippen LogP contribution in [0.1, 0.15) is 46.5 Å². The van der Waals surface area contributed by atoms with Gasteiger partial charge in [0, 0.05) is 23.9 Å². The summed E-state index contributed by atoms with van der Waals surface area (Å²) < 4.78 is 0. The maximum Gasteiger partial charge on any atom is 0.0175 e. The van der Waals surface area contributed by atoms with Gasteiger partial charge in [0.25, 0.3) is 0 Å². The second-order valence-electron chi connectivity index (χ2n) is 7.03. The standard InChI is InChI=1S/C15H30N2S/c1-15(2,3)16-10-13-7-8-17(11-13)12-14-6-4-5-9-18-14/h13-14,16H,4-12H2,1-3H3. The molecule has 106 valence electrons. The van der Waals surface area contributed by atoms with E-state index < -0.39 is 0 Å². The van der Waals surface area contributed by atoms with Crippen LogP contribution in [0, 0.1) is 5.92 Å². The lowest BCUT2D eigenvalue weighted by Gasteiger charge is -2.27. The van der Waals surface area contributed by atoms with Crippen LogP contribution in [0.25, 0.3) is 0 Å². The predicted molar refractivity (Wildman–Crippen MR) is 82.4 cm³/mol. The Morgan fingerprint density at radius 1 is 1.22 bits per heavy atom. The minimum Gasteiger partial charge on any atom is -0.312 e. The number of nitrogens with zero attached hydrogens (tertiary/aromatic N) is 1. The quantitative estimate of drug-likeness (QED) is 0.845. The van der Waals surface area contributed by atoms with Gasteiger partial charge in [0.2, 0.25) is 0 Å². The third kappa shape index (κ3) is 5.10. The second-order valence-corrected chi connectivity index (χ2v) is 8.44. The van der Waals surface area contributed by atoms with Crippen LogP contribution in [0.4, 0.5) is 0 Å². The fourth-order valence-electron chi connectivity index (χ4n) is 2.94. The number of hydrogen-bond donors (Lipinski definition) is 1. The molecule has 0 aliphatic carbocycles. The van der Waals surface area contributed by atoms with Crippen LogP contribution in [0.15, 0.2) is 0 Å². The Kier molecular flexibility index (Phi) is 5.40. The maximum absolute atomic E-state index is 3.66. The largest absolute Gasteiger partial charge is 0.312 e. The molecule has 2 rings (SSSR count). The van der Waals surface area contributed by atoms with Gasteiger partial charge in [-0.3, -0.25) is 0 Å². The summed E-state index contributed by atoms with van der Waals surface area (Å²) >= 11 is 2.21. The van der Waals surface area contributed by atoms with E-state index in [1.165, 1.54) is 57.6 Å². The lowest BCUT2D eigenvalue weighted by Crippen LogP contribution is -2.40. The Labute approximate surface area is 117 Å². The van der Waals surface area contributed by atoms with Crippen LogP contribution in [-0.2, 0) is 0 Å². The normalized spacial score (nSPS) is 30.8. The van der Waals surface area contributed by atoms with Crippen molar-refractivity contribution in [3.8, 4) is 0 Å². The van der Waals surface area contributed by atoms with Crippen LogP contribution >= 0.6 is 11.8 Å². The van der Waals surface area contributed by atoms with Crippen molar-refractivity contribution >= 4 is 11.8 Å². The highest BCUT2D eigenvalue weighted by Crippen LogP contribution is 2.27. The summed E-state index contributed by atoms with van der Waals surface area (Å²) in [4.78, 5) is 2.71. The molecule has 2 unspecified atom stereocenters. The van der Waals surface area contributed by atoms with E-state index in [9.17, 15) is 0 Å². The number of likely N-dealkylation sites (tertiary alicyclic amines) is 1. The predicted octanol–water partition coefficient (Wildman–Crippen LogP) is 2.98. The summed E-state index contributed by atoms with van der Waals surface area (Å²) in [6.45, 7) is 12.0. The molecule has 2 fully saturated rings. The summed E-state index contributed by atoms with van der Waals surface area (Å²) in [5, 5.41) is 4.58. The van der Waals surface area contributed by atoms with Crippen LogP contribution < -0.4 is 5.32 Å². The van der Waals surface area contributed by atoms with Crippen molar-refractivity contribution in [2.45, 2.75) is 57.2 Å². The molecule has 2 aliphatic rings. The van der Waals surface area contributed by atoms with E-state index in [1.54, 1.807) is 0 Å². The van der Waals surface area contributed by atoms with Crippen LogP contribution in [-0.4, -0.2) is 47.6 Å². The third-order valence-corrected chi connectivity index (χ3v) is 5.41. The zero-order chi connectivity index (χ0) is 13.0. The Bertz CT molecular complexity index is 243. The smallest absolute Gasteiger partial charge is 0.0175 e. The molecule has 0 saturated carbocycles. The fraction of sp³-hybridized carbons (Fsp3) is 1.00. The molecule has 0 aromatic carbocycles. The highest BCUT2D eigenvalue weighted by atomic mass is 32.2. The first-order valence-corrected chi connectivity index (χ1v) is 8.67. The minimum atomic E-state index is 0.270. The highest BCUT2D eigenvalue weighted by Gasteiger charge is 2.26. The summed E-state index contributed by atoms with van der Waals surface area (Å²) in [5.74, 6) is 2.27. The summed E-state index contributed by atoms with van der Waals surface area (Å²) in [6, 6.07) is 0. The number of rotatable bonds is 4. The van der Waals surface area contributed by atoms with Crippen molar-refractivity contribution in [3.05, 3.63) is 0 Å². The molecule has 2 saturated heterocycles. The van der Waals surface area contributed by atoms with Gasteiger partial charge in [0.15, 0.2) is 0 Å². The van der Waals surface area contributed by atoms with Gasteiger partial charge in [-0.05, 0) is 64.8 Å². The first-order valence-electron chi connectivity index (χ1n) is 7.62. The van der Waals surface area contributed by atoms with Crippen molar-refractivity contribution in [1.82, 2.24) is 10.2 Å². The molecule has 0 radical (unpaired) electrons. The minimum absolute atomic E-state index is 0.270. The molecule has 0 spiro atoms. The van der Waals surface area contributed by atoms with E-state index in [0.717, 1.165) is 11.2 Å². The average Bonchev–Trinajstić information content (AvgIpc) is 2.75. The zero-order valence-electron chi connectivity index (χ0n) is 12.4. The third-order valence-electron chi connectivity index (χ3n) is 4.03. The van der Waals surface area contributed by atoms with Crippen LogP contribution in [0.2, 0.25) is 0 Å². The van der Waals surface area contributed by atoms with E-state index >= 15 is 0 Å². The molecular weight excluding hydrogens is 240 g/mol. The Morgan fingerprint density at radius 3 is 2.72 bits per heavy atom. The first kappa shape index (κ1) is 14.7. The molecule has 2 nitrogen and oxygen atoms in total. The van der Waals surface area contributed by atoms with Gasteiger partial charge in [-0.1, -0.05) is 6.42 Å². The van der Waals surface area contributed by atoms with Gasteiger partial charge in [-0.2, -0.15) is 11.8 Å². The van der Waals surface area contributed by atoms with Gasteiger partial charge in [-0.15, -0.1) is 0 Å². The van der Waals surface area contributed by atoms with E-state index in [1.807, 2.05) is 0 Å². The maximum atomic E-state index is 3.66. The van der Waals surface area contributed by atoms with Crippen LogP contribution in [0.3, 0.4) is 0 Å². The molecule has 0 aromatic rings. The second kappa shape index (κ2) is 6.62. The molecule has 2 aliphatic heterocycles. The van der Waals surface area contributed by atoms with E-state index in [4.69, 9.17) is 0 Å². The first-order chi connectivity index (χ1) is 8.53. The van der Waals surface area contributed by atoms with Crippen molar-refractivity contribution in [3.63, 3.8) is 0 Å². The lowest BCUT2D eigenvalue weighted by atomic mass is 10.1. The molecule has 0 amide bonds. The van der Waals surface area contributed by atoms with Gasteiger partial charge in [0.1, 0.15) is 0 Å². The molecule has 3 heteroatoms. The molecule has 0 aromatic heterocycles. The van der Waals surface area contributed by atoms with Crippen LogP contribution in [0.5, 0.6) is 0 Å². The highest BCUT2D eigenvalue weighted by molar-refractivity contribution is 7.99. The number of nitrogens with one attached hydrogen (secondary N) is 1. The summed E-state index contributed by atoms with van der Waals surface area (Å²) in [6.07, 6.45) is 5.74. The topological polar surface area (TPSA) is 15.3 Å². The van der Waals surface area contributed by atoms with Gasteiger partial charge in [-0.25, -0.2) is 0 Å². The van der Waals surface area contributed by atoms with E-state index in [2.05, 4.69) is 42.7 Å². The number of thioether (sulfide) groups is 1. The summed E-state index contributed by atoms with van der Waals surface area (Å²) in [7, 11) is 0. The van der Waals surface area contributed by atoms with Crippen molar-refractivity contribution < 1.29 is 0 Å². The Balaban J connectivity index is 1.65. The zero-order valence-corrected chi connectivity index (χ0v) is 13.2. The molecule has 1 N–H and O–H groups in total. The number of hydrogen-bond acceptors (Lipinski definition) is 3. The Hall–Kier alpha value is 0.270. The molecule has 18 heavy (non-hydrogen) atoms. The van der Waals surface area contributed by atoms with Gasteiger partial charge >= 0.3 is 0 Å². The van der Waals surface area contributed by atoms with E-state index in [-0.39, 0.29) is 5.54 Å². The molecule has 0 bridgehead atoms. The van der Waals surface area contributed by atoms with Crippen molar-refractivity contribution in [2.24, 2.45) is 5.92 Å². The SMILES string of the molecule is CC(C)(C)NCC1CCN(CC2CCCCS2)C1. The van der Waals surface area contributed by atoms with E-state index in [0.29, 0.717) is 0 Å². The molecule has 2 heterocycles. The molecule has 2 atom stereocenters.